The molecular weight excluding hydrogens is 1570 g/mol. The van der Waals surface area contributed by atoms with Crippen LogP contribution in [0.3, 0.4) is 0 Å². The van der Waals surface area contributed by atoms with Gasteiger partial charge >= 0.3 is 0 Å². The molecule has 0 radical (unpaired) electrons. The van der Waals surface area contributed by atoms with Crippen molar-refractivity contribution >= 4 is 44.1 Å². The summed E-state index contributed by atoms with van der Waals surface area (Å²) in [4.78, 5) is 0. The van der Waals surface area contributed by atoms with Gasteiger partial charge in [-0.15, -0.1) is 0 Å². The van der Waals surface area contributed by atoms with Gasteiger partial charge in [-0.3, -0.25) is 0 Å². The van der Waals surface area contributed by atoms with Crippen LogP contribution in [0.15, 0.2) is 370 Å². The fourth-order valence-corrected chi connectivity index (χ4v) is 19.4. The first kappa shape index (κ1) is 86.5. The first-order chi connectivity index (χ1) is 62.6. The minimum Gasteiger partial charge on any atom is -0.225 e. The molecule has 0 fully saturated rings. The number of hydrogen-bond acceptors (Lipinski definition) is 0. The van der Waals surface area contributed by atoms with E-state index in [9.17, 15) is 0 Å². The summed E-state index contributed by atoms with van der Waals surface area (Å²) in [7, 11) is 8.75. The van der Waals surface area contributed by atoms with E-state index in [0.29, 0.717) is 17.8 Å². The Hall–Kier alpha value is -14.6. The largest absolute Gasteiger partial charge is 0.295 e. The molecule has 0 bridgehead atoms. The summed E-state index contributed by atoms with van der Waals surface area (Å²) < 4.78 is 19.2. The van der Waals surface area contributed by atoms with Gasteiger partial charge in [-0.25, -0.2) is 18.3 Å². The molecular formula is C121H118N8+4. The van der Waals surface area contributed by atoms with Crippen molar-refractivity contribution in [3.8, 4) is 113 Å². The lowest BCUT2D eigenvalue weighted by atomic mass is 9.92. The number of nitrogens with zero attached hydrogens (tertiary/aromatic N) is 8. The third-order valence-corrected chi connectivity index (χ3v) is 26.1. The second kappa shape index (κ2) is 37.1. The fraction of sp³-hybridized carbons (Fsp3) is 0.174. The zero-order valence-electron chi connectivity index (χ0n) is 78.0. The molecule has 8 heteroatoms. The number of aryl methyl sites for hydroxylation is 12. The van der Waals surface area contributed by atoms with Crippen LogP contribution < -0.4 is 18.3 Å². The Morgan fingerprint density at radius 1 is 0.217 bits per heavy atom. The van der Waals surface area contributed by atoms with E-state index in [4.69, 9.17) is 0 Å². The molecule has 4 aromatic heterocycles. The molecule has 0 unspecified atom stereocenters. The van der Waals surface area contributed by atoms with E-state index in [1.165, 1.54) is 218 Å². The Morgan fingerprint density at radius 2 is 0.535 bits per heavy atom. The number of rotatable bonds is 15. The molecule has 0 aliphatic heterocycles. The highest BCUT2D eigenvalue weighted by Crippen LogP contribution is 2.42. The number of hydrogen-bond donors (Lipinski definition) is 0. The van der Waals surface area contributed by atoms with Gasteiger partial charge in [-0.05, 0) is 253 Å². The van der Waals surface area contributed by atoms with Crippen molar-refractivity contribution in [2.45, 2.75) is 115 Å². The van der Waals surface area contributed by atoms with Crippen LogP contribution >= 0.6 is 0 Å². The normalized spacial score (nSPS) is 11.4. The van der Waals surface area contributed by atoms with E-state index in [1.807, 2.05) is 0 Å². The predicted octanol–water partition coefficient (Wildman–Crippen LogP) is 29.0. The van der Waals surface area contributed by atoms with Crippen molar-refractivity contribution in [3.05, 3.63) is 431 Å². The second-order valence-electron chi connectivity index (χ2n) is 35.7. The zero-order valence-corrected chi connectivity index (χ0v) is 78.0. The third kappa shape index (κ3) is 16.7. The van der Waals surface area contributed by atoms with E-state index in [0.717, 1.165) is 0 Å². The Labute approximate surface area is 762 Å². The molecule has 129 heavy (non-hydrogen) atoms. The van der Waals surface area contributed by atoms with Gasteiger partial charge in [-0.2, -0.15) is 18.3 Å². The van der Waals surface area contributed by atoms with Crippen LogP contribution in [0.4, 0.5) is 0 Å². The monoisotopic (exact) mass is 1680 g/mol. The van der Waals surface area contributed by atoms with Crippen LogP contribution in [0.2, 0.25) is 0 Å². The Kier molecular flexibility index (Phi) is 24.9. The molecule has 0 saturated heterocycles. The van der Waals surface area contributed by atoms with E-state index >= 15 is 0 Å². The minimum absolute atomic E-state index is 0.416. The van der Waals surface area contributed by atoms with Crippen molar-refractivity contribution in [2.24, 2.45) is 28.2 Å². The number of aromatic nitrogens is 8. The van der Waals surface area contributed by atoms with Gasteiger partial charge in [0.25, 0.3) is 23.3 Å². The lowest BCUT2D eigenvalue weighted by Gasteiger charge is -2.18. The van der Waals surface area contributed by atoms with Crippen LogP contribution in [0, 0.1) is 55.4 Å². The Balaban J connectivity index is 0.000000121. The van der Waals surface area contributed by atoms with E-state index < -0.39 is 0 Å². The summed E-state index contributed by atoms with van der Waals surface area (Å²) in [5.41, 5.74) is 44.2. The van der Waals surface area contributed by atoms with Crippen LogP contribution in [-0.2, 0) is 28.2 Å². The SMILES string of the molecule is Cc1ccc(-c2ccccc2)cc1-c1n(-c2c(C(C)C)cccc2C(C)C)c2ccccc2[n+]1C.Cc1ccc(-c2ccccc2)cc1-c1n(-c2ccccc2C(C)C)c2ccccc2[n+]1C.Cc1ccccc1-c1n(-c2c(C)cccc2C)c2cc(-c3ccccc3)ccc2[n+]1C.Cc1ccccc1-c1n(C)c2cc(-c3ccccc3)ccc2[n+]1-c1c(C)cccc1C. The number of para-hydroxylation sites is 8. The molecule has 0 aliphatic rings. The second-order valence-corrected chi connectivity index (χ2v) is 35.7. The molecule has 638 valence electrons. The predicted molar refractivity (Wildman–Crippen MR) is 541 cm³/mol. The number of imidazole rings is 4. The number of fused-ring (bicyclic) bond motifs is 4. The maximum Gasteiger partial charge on any atom is 0.295 e. The van der Waals surface area contributed by atoms with E-state index in [-0.39, 0.29) is 0 Å². The highest BCUT2D eigenvalue weighted by Gasteiger charge is 2.36. The van der Waals surface area contributed by atoms with Crippen LogP contribution in [0.5, 0.6) is 0 Å². The minimum atomic E-state index is 0.416. The van der Waals surface area contributed by atoms with Gasteiger partial charge in [0.2, 0.25) is 0 Å². The maximum atomic E-state index is 2.52. The van der Waals surface area contributed by atoms with Gasteiger partial charge in [0.1, 0.15) is 22.7 Å². The lowest BCUT2D eigenvalue weighted by Crippen LogP contribution is -2.35. The Bertz CT molecular complexity index is 7410. The summed E-state index contributed by atoms with van der Waals surface area (Å²) in [5.74, 6) is 6.10. The molecule has 20 aromatic rings. The summed E-state index contributed by atoms with van der Waals surface area (Å²) in [5, 5.41) is 0. The van der Waals surface area contributed by atoms with Crippen molar-refractivity contribution in [3.63, 3.8) is 0 Å². The molecule has 0 N–H and O–H groups in total. The quantitative estimate of drug-likeness (QED) is 0.0917. The molecule has 0 atom stereocenters. The van der Waals surface area contributed by atoms with E-state index in [2.05, 4.69) is 532 Å². The molecule has 16 aromatic carbocycles. The van der Waals surface area contributed by atoms with E-state index in [1.54, 1.807) is 0 Å². The van der Waals surface area contributed by atoms with Crippen molar-refractivity contribution < 1.29 is 18.3 Å². The van der Waals surface area contributed by atoms with Gasteiger partial charge in [0, 0.05) is 16.7 Å². The Morgan fingerprint density at radius 3 is 1.00 bits per heavy atom. The average Bonchev–Trinajstić information content (AvgIpc) is 1.66. The highest BCUT2D eigenvalue weighted by atomic mass is 15.2. The number of benzene rings is 16. The van der Waals surface area contributed by atoms with Crippen LogP contribution in [0.25, 0.3) is 157 Å². The summed E-state index contributed by atoms with van der Waals surface area (Å²) in [6, 6.07) is 133. The summed E-state index contributed by atoms with van der Waals surface area (Å²) >= 11 is 0. The van der Waals surface area contributed by atoms with Crippen molar-refractivity contribution in [1.82, 2.24) is 18.3 Å². The molecule has 8 nitrogen and oxygen atoms in total. The zero-order chi connectivity index (χ0) is 90.0. The summed E-state index contributed by atoms with van der Waals surface area (Å²) in [6.07, 6.45) is 0. The average molecular weight is 1680 g/mol. The topological polar surface area (TPSA) is 35.2 Å². The third-order valence-electron chi connectivity index (χ3n) is 26.1. The summed E-state index contributed by atoms with van der Waals surface area (Å²) in [6.45, 7) is 31.4. The first-order valence-corrected chi connectivity index (χ1v) is 45.6. The highest BCUT2D eigenvalue weighted by molar-refractivity contribution is 5.89. The van der Waals surface area contributed by atoms with Gasteiger partial charge in [0.05, 0.1) is 50.4 Å². The first-order valence-electron chi connectivity index (χ1n) is 45.6. The van der Waals surface area contributed by atoms with Crippen molar-refractivity contribution in [2.75, 3.05) is 0 Å². The standard InChI is InChI=1S/C33H35N2.C30H29N2.2C29H27N2/c1-22(2)27-15-12-16-28(23(3)4)32(27)35-31-18-11-10-17-30(31)34(6)33(35)29-21-26(20-19-24(29)5)25-13-8-7-9-14-25;1-21(2)25-14-8-9-15-27(25)32-29-17-11-10-16-28(29)31(4)30(32)26-20-24(19-18-22(26)3)23-12-6-5-7-13-23;1-20-11-8-9-16-25(20)29-30(4)27-19-24(23-14-6-5-7-15-23)17-18-26(27)31(29)28-21(2)12-10-13-22(28)3;1-20-11-8-9-16-25(20)29-30(4)26-18-17-24(23-14-6-5-7-15-23)19-27(26)31(29)28-21(2)12-10-13-22(28)3/h7-23H,1-6H3;5-21H,1-4H3;2*5-19H,1-4H3/q4*+1. The maximum absolute atomic E-state index is 2.52. The van der Waals surface area contributed by atoms with Gasteiger partial charge in [-0.1, -0.05) is 321 Å². The fourth-order valence-electron chi connectivity index (χ4n) is 19.4. The van der Waals surface area contributed by atoms with Crippen molar-refractivity contribution in [1.29, 1.82) is 0 Å². The molecule has 0 aliphatic carbocycles. The van der Waals surface area contributed by atoms with Gasteiger partial charge < -0.3 is 0 Å². The molecule has 20 rings (SSSR count). The van der Waals surface area contributed by atoms with Gasteiger partial charge in [0.15, 0.2) is 44.1 Å². The van der Waals surface area contributed by atoms with Crippen LogP contribution in [0.1, 0.15) is 120 Å². The molecule has 4 heterocycles. The lowest BCUT2D eigenvalue weighted by molar-refractivity contribution is -0.634. The molecule has 0 saturated carbocycles. The smallest absolute Gasteiger partial charge is 0.225 e. The van der Waals surface area contributed by atoms with Crippen LogP contribution in [-0.4, -0.2) is 18.3 Å². The molecule has 0 spiro atoms. The molecule has 0 amide bonds.